The standard InChI is InChI=1S/C22H28O4/c23-20-13-12-18(19(20)6-3-1-2-4-7-21(24)25)16-8-10-17(11-9-16)22(26)14-5-15-22/h1,3,8-11,18-19,26H,2,4-7,12-15H2,(H,24,25)/t18-,19-/m1/s1. The number of benzene rings is 1. The summed E-state index contributed by atoms with van der Waals surface area (Å²) in [6.07, 6.45) is 10.6. The van der Waals surface area contributed by atoms with E-state index >= 15 is 0 Å². The Morgan fingerprint density at radius 1 is 1.19 bits per heavy atom. The second-order valence-corrected chi connectivity index (χ2v) is 7.72. The Balaban J connectivity index is 1.58. The first-order valence-corrected chi connectivity index (χ1v) is 9.72. The quantitative estimate of drug-likeness (QED) is 0.537. The minimum atomic E-state index is -0.764. The van der Waals surface area contributed by atoms with Crippen LogP contribution in [-0.4, -0.2) is 22.0 Å². The zero-order valence-corrected chi connectivity index (χ0v) is 15.2. The average molecular weight is 356 g/mol. The van der Waals surface area contributed by atoms with Crippen LogP contribution < -0.4 is 0 Å². The molecule has 2 saturated carbocycles. The molecule has 0 spiro atoms. The predicted octanol–water partition coefficient (Wildman–Crippen LogP) is 4.32. The second-order valence-electron chi connectivity index (χ2n) is 7.72. The molecule has 4 nitrogen and oxygen atoms in total. The van der Waals surface area contributed by atoms with E-state index in [0.29, 0.717) is 18.6 Å². The van der Waals surface area contributed by atoms with E-state index in [1.54, 1.807) is 0 Å². The van der Waals surface area contributed by atoms with E-state index in [1.807, 2.05) is 24.3 Å². The van der Waals surface area contributed by atoms with Gasteiger partial charge in [-0.05, 0) is 62.0 Å². The highest BCUT2D eigenvalue weighted by Crippen LogP contribution is 2.43. The van der Waals surface area contributed by atoms with Crippen molar-refractivity contribution in [1.82, 2.24) is 0 Å². The summed E-state index contributed by atoms with van der Waals surface area (Å²) in [5.41, 5.74) is 1.54. The lowest BCUT2D eigenvalue weighted by atomic mass is 9.74. The van der Waals surface area contributed by atoms with Crippen molar-refractivity contribution in [2.45, 2.75) is 69.3 Å². The normalized spacial score (nSPS) is 24.7. The molecule has 0 aliphatic heterocycles. The largest absolute Gasteiger partial charge is 0.481 e. The number of rotatable bonds is 8. The van der Waals surface area contributed by atoms with Gasteiger partial charge in [-0.25, -0.2) is 0 Å². The number of aliphatic hydroxyl groups is 1. The Labute approximate surface area is 154 Å². The molecule has 0 saturated heterocycles. The number of allylic oxidation sites excluding steroid dienone is 2. The minimum Gasteiger partial charge on any atom is -0.481 e. The summed E-state index contributed by atoms with van der Waals surface area (Å²) in [5, 5.41) is 19.1. The lowest BCUT2D eigenvalue weighted by Crippen LogP contribution is -2.33. The van der Waals surface area contributed by atoms with Gasteiger partial charge in [-0.2, -0.15) is 0 Å². The van der Waals surface area contributed by atoms with E-state index in [-0.39, 0.29) is 18.3 Å². The molecule has 140 valence electrons. The second kappa shape index (κ2) is 8.17. The smallest absolute Gasteiger partial charge is 0.303 e. The molecule has 1 aromatic rings. The van der Waals surface area contributed by atoms with E-state index < -0.39 is 11.6 Å². The molecule has 1 aromatic carbocycles. The molecular formula is C22H28O4. The Hall–Kier alpha value is -1.94. The summed E-state index contributed by atoms with van der Waals surface area (Å²) < 4.78 is 0. The van der Waals surface area contributed by atoms with Crippen LogP contribution in [0.3, 0.4) is 0 Å². The summed E-state index contributed by atoms with van der Waals surface area (Å²) in [5.74, 6) is -0.175. The van der Waals surface area contributed by atoms with Gasteiger partial charge >= 0.3 is 5.97 Å². The van der Waals surface area contributed by atoms with Gasteiger partial charge in [-0.1, -0.05) is 36.4 Å². The molecule has 0 radical (unpaired) electrons. The molecule has 2 atom stereocenters. The maximum atomic E-state index is 12.3. The number of unbranched alkanes of at least 4 members (excludes halogenated alkanes) is 1. The first kappa shape index (κ1) is 18.8. The molecule has 0 heterocycles. The third-order valence-electron chi connectivity index (χ3n) is 5.98. The number of carbonyl (C=O) groups excluding carboxylic acids is 1. The van der Waals surface area contributed by atoms with Crippen LogP contribution in [-0.2, 0) is 15.2 Å². The third kappa shape index (κ3) is 4.24. The number of carboxylic acid groups (broad SMARTS) is 1. The molecule has 26 heavy (non-hydrogen) atoms. The van der Waals surface area contributed by atoms with Gasteiger partial charge in [0.15, 0.2) is 0 Å². The topological polar surface area (TPSA) is 74.6 Å². The van der Waals surface area contributed by atoms with Gasteiger partial charge in [0.25, 0.3) is 0 Å². The third-order valence-corrected chi connectivity index (χ3v) is 5.98. The summed E-state index contributed by atoms with van der Waals surface area (Å²) >= 11 is 0. The van der Waals surface area contributed by atoms with Gasteiger partial charge in [-0.3, -0.25) is 9.59 Å². The molecule has 2 N–H and O–H groups in total. The number of Topliss-reactive ketones (excluding diaryl/α,β-unsaturated/α-hetero) is 1. The summed E-state index contributed by atoms with van der Waals surface area (Å²) in [6, 6.07) is 8.21. The lowest BCUT2D eigenvalue weighted by molar-refractivity contribution is -0.137. The van der Waals surface area contributed by atoms with Crippen LogP contribution in [0.15, 0.2) is 36.4 Å². The molecule has 0 bridgehead atoms. The average Bonchev–Trinajstić information content (AvgIpc) is 2.96. The number of aliphatic carboxylic acids is 1. The zero-order chi connectivity index (χ0) is 18.6. The van der Waals surface area contributed by atoms with Crippen LogP contribution in [0.4, 0.5) is 0 Å². The van der Waals surface area contributed by atoms with E-state index in [0.717, 1.165) is 44.1 Å². The van der Waals surface area contributed by atoms with Crippen molar-refractivity contribution in [1.29, 1.82) is 0 Å². The molecule has 3 rings (SSSR count). The molecule has 2 aliphatic carbocycles. The number of carboxylic acids is 1. The minimum absolute atomic E-state index is 0.0170. The lowest BCUT2D eigenvalue weighted by Gasteiger charge is -2.37. The van der Waals surface area contributed by atoms with Crippen molar-refractivity contribution < 1.29 is 19.8 Å². The molecule has 0 unspecified atom stereocenters. The number of hydrogen-bond acceptors (Lipinski definition) is 3. The monoisotopic (exact) mass is 356 g/mol. The van der Waals surface area contributed by atoms with E-state index in [2.05, 4.69) is 12.1 Å². The Morgan fingerprint density at radius 3 is 2.54 bits per heavy atom. The molecule has 4 heteroatoms. The van der Waals surface area contributed by atoms with Gasteiger partial charge < -0.3 is 10.2 Å². The Bertz CT molecular complexity index is 670. The van der Waals surface area contributed by atoms with Crippen LogP contribution in [0.1, 0.15) is 74.8 Å². The fraction of sp³-hybridized carbons (Fsp3) is 0.545. The van der Waals surface area contributed by atoms with Gasteiger partial charge in [0.2, 0.25) is 0 Å². The fourth-order valence-electron chi connectivity index (χ4n) is 4.18. The number of ketones is 1. The van der Waals surface area contributed by atoms with Crippen molar-refractivity contribution in [3.8, 4) is 0 Å². The highest BCUT2D eigenvalue weighted by Gasteiger charge is 2.37. The van der Waals surface area contributed by atoms with Crippen LogP contribution in [0.2, 0.25) is 0 Å². The van der Waals surface area contributed by atoms with Crippen molar-refractivity contribution in [3.63, 3.8) is 0 Å². The summed E-state index contributed by atoms with van der Waals surface area (Å²) in [6.45, 7) is 0. The molecule has 2 fully saturated rings. The van der Waals surface area contributed by atoms with Crippen LogP contribution in [0, 0.1) is 5.92 Å². The van der Waals surface area contributed by atoms with Gasteiger partial charge in [0.1, 0.15) is 5.78 Å². The molecule has 2 aliphatic rings. The van der Waals surface area contributed by atoms with E-state index in [9.17, 15) is 14.7 Å². The predicted molar refractivity (Wildman–Crippen MR) is 99.9 cm³/mol. The van der Waals surface area contributed by atoms with Crippen molar-refractivity contribution >= 4 is 11.8 Å². The maximum Gasteiger partial charge on any atom is 0.303 e. The van der Waals surface area contributed by atoms with Crippen LogP contribution in [0.5, 0.6) is 0 Å². The van der Waals surface area contributed by atoms with Crippen LogP contribution in [0.25, 0.3) is 0 Å². The first-order valence-electron chi connectivity index (χ1n) is 9.72. The van der Waals surface area contributed by atoms with E-state index in [4.69, 9.17) is 5.11 Å². The van der Waals surface area contributed by atoms with Crippen molar-refractivity contribution in [2.75, 3.05) is 0 Å². The maximum absolute atomic E-state index is 12.3. The van der Waals surface area contributed by atoms with Gasteiger partial charge in [0.05, 0.1) is 5.60 Å². The Morgan fingerprint density at radius 2 is 1.92 bits per heavy atom. The number of carbonyl (C=O) groups is 2. The van der Waals surface area contributed by atoms with Crippen molar-refractivity contribution in [2.24, 2.45) is 5.92 Å². The van der Waals surface area contributed by atoms with Crippen molar-refractivity contribution in [3.05, 3.63) is 47.5 Å². The first-order chi connectivity index (χ1) is 12.5. The highest BCUT2D eigenvalue weighted by atomic mass is 16.4. The summed E-state index contributed by atoms with van der Waals surface area (Å²) in [7, 11) is 0. The fourth-order valence-corrected chi connectivity index (χ4v) is 4.18. The Kier molecular flexibility index (Phi) is 5.92. The zero-order valence-electron chi connectivity index (χ0n) is 15.2. The SMILES string of the molecule is O=C(O)CCCC=CC[C@H]1C(=O)CC[C@@H]1c1ccc(C2(O)CCC2)cc1. The molecule has 0 aromatic heterocycles. The van der Waals surface area contributed by atoms with E-state index in [1.165, 1.54) is 5.56 Å². The molecular weight excluding hydrogens is 328 g/mol. The van der Waals surface area contributed by atoms with Gasteiger partial charge in [-0.15, -0.1) is 0 Å². The summed E-state index contributed by atoms with van der Waals surface area (Å²) in [4.78, 5) is 22.8. The van der Waals surface area contributed by atoms with Gasteiger partial charge in [0, 0.05) is 18.8 Å². The highest BCUT2D eigenvalue weighted by molar-refractivity contribution is 5.84. The number of hydrogen-bond donors (Lipinski definition) is 2. The van der Waals surface area contributed by atoms with Crippen LogP contribution >= 0.6 is 0 Å². The molecule has 0 amide bonds.